The lowest BCUT2D eigenvalue weighted by Crippen LogP contribution is -2.08. The number of hydrogen-bond donors (Lipinski definition) is 1. The Balaban J connectivity index is 2.93. The first kappa shape index (κ1) is 12.9. The lowest BCUT2D eigenvalue weighted by atomic mass is 10.1. The maximum atomic E-state index is 12.9. The minimum Gasteiger partial charge on any atom is -0.383 e. The van der Waals surface area contributed by atoms with E-state index in [-0.39, 0.29) is 15.7 Å². The minimum atomic E-state index is -4.43. The quantitative estimate of drug-likeness (QED) is 0.653. The first-order valence-electron chi connectivity index (χ1n) is 4.41. The van der Waals surface area contributed by atoms with Gasteiger partial charge >= 0.3 is 6.18 Å². The molecule has 1 aromatic carbocycles. The average molecular weight is 417 g/mol. The van der Waals surface area contributed by atoms with E-state index in [1.54, 1.807) is 6.07 Å². The zero-order valence-corrected chi connectivity index (χ0v) is 11.9. The van der Waals surface area contributed by atoms with Crippen molar-refractivity contribution in [1.29, 1.82) is 0 Å². The van der Waals surface area contributed by atoms with Crippen LogP contribution in [0.3, 0.4) is 0 Å². The fourth-order valence-corrected chi connectivity index (χ4v) is 2.72. The molecule has 0 bridgehead atoms. The molecule has 0 atom stereocenters. The number of pyridine rings is 1. The van der Waals surface area contributed by atoms with Gasteiger partial charge in [-0.05, 0) is 28.7 Å². The Kier molecular flexibility index (Phi) is 3.23. The van der Waals surface area contributed by atoms with Crippen LogP contribution in [0.1, 0.15) is 5.56 Å². The number of halogens is 5. The molecular formula is C10H5BrF3IN2. The fraction of sp³-hybridized carbons (Fsp3) is 0.100. The van der Waals surface area contributed by atoms with E-state index in [2.05, 4.69) is 20.9 Å². The van der Waals surface area contributed by atoms with Gasteiger partial charge in [-0.25, -0.2) is 4.98 Å². The number of hydrogen-bond acceptors (Lipinski definition) is 2. The van der Waals surface area contributed by atoms with Crippen LogP contribution in [-0.2, 0) is 6.18 Å². The Morgan fingerprint density at radius 1 is 1.24 bits per heavy atom. The third-order valence-electron chi connectivity index (χ3n) is 2.27. The summed E-state index contributed by atoms with van der Waals surface area (Å²) >= 11 is 4.80. The molecule has 2 rings (SSSR count). The van der Waals surface area contributed by atoms with Gasteiger partial charge in [0.2, 0.25) is 0 Å². The first-order valence-corrected chi connectivity index (χ1v) is 6.29. The fourth-order valence-electron chi connectivity index (χ4n) is 1.54. The molecule has 0 saturated heterocycles. The van der Waals surface area contributed by atoms with E-state index in [0.29, 0.717) is 8.96 Å². The number of alkyl halides is 3. The Morgan fingerprint density at radius 3 is 2.47 bits per heavy atom. The van der Waals surface area contributed by atoms with Crippen molar-refractivity contribution in [3.8, 4) is 0 Å². The molecule has 0 fully saturated rings. The third kappa shape index (κ3) is 2.22. The lowest BCUT2D eigenvalue weighted by molar-refractivity contribution is -0.136. The van der Waals surface area contributed by atoms with Gasteiger partial charge in [0, 0.05) is 21.4 Å². The van der Waals surface area contributed by atoms with Crippen molar-refractivity contribution < 1.29 is 13.2 Å². The number of fused-ring (bicyclic) bond motifs is 1. The molecular weight excluding hydrogens is 412 g/mol. The number of benzene rings is 1. The number of aromatic nitrogens is 1. The smallest absolute Gasteiger partial charge is 0.383 e. The second kappa shape index (κ2) is 4.27. The van der Waals surface area contributed by atoms with Crippen molar-refractivity contribution in [1.82, 2.24) is 4.98 Å². The summed E-state index contributed by atoms with van der Waals surface area (Å²) in [4.78, 5) is 3.77. The second-order valence-corrected chi connectivity index (χ2v) is 5.27. The van der Waals surface area contributed by atoms with Crippen LogP contribution in [0.4, 0.5) is 19.0 Å². The molecule has 0 radical (unpaired) electrons. The second-order valence-electron chi connectivity index (χ2n) is 3.34. The molecule has 0 saturated carbocycles. The van der Waals surface area contributed by atoms with Crippen LogP contribution in [0.25, 0.3) is 10.8 Å². The van der Waals surface area contributed by atoms with E-state index in [9.17, 15) is 13.2 Å². The van der Waals surface area contributed by atoms with Gasteiger partial charge in [-0.3, -0.25) is 0 Å². The van der Waals surface area contributed by atoms with Crippen molar-refractivity contribution in [3.63, 3.8) is 0 Å². The summed E-state index contributed by atoms with van der Waals surface area (Å²) in [5, 5.41) is 0.499. The van der Waals surface area contributed by atoms with E-state index in [0.717, 1.165) is 6.20 Å². The van der Waals surface area contributed by atoms with Crippen LogP contribution in [0, 0.1) is 3.57 Å². The van der Waals surface area contributed by atoms with E-state index in [1.807, 2.05) is 22.6 Å². The molecule has 0 aliphatic rings. The zero-order chi connectivity index (χ0) is 12.8. The molecule has 1 aromatic heterocycles. The van der Waals surface area contributed by atoms with Gasteiger partial charge in [0.05, 0.1) is 9.13 Å². The maximum absolute atomic E-state index is 12.9. The zero-order valence-electron chi connectivity index (χ0n) is 8.15. The predicted octanol–water partition coefficient (Wildman–Crippen LogP) is 4.20. The topological polar surface area (TPSA) is 38.9 Å². The van der Waals surface area contributed by atoms with Gasteiger partial charge in [-0.15, -0.1) is 0 Å². The molecule has 2 N–H and O–H groups in total. The largest absolute Gasteiger partial charge is 0.418 e. The van der Waals surface area contributed by atoms with E-state index in [4.69, 9.17) is 5.73 Å². The van der Waals surface area contributed by atoms with Gasteiger partial charge in [0.15, 0.2) is 0 Å². The summed E-state index contributed by atoms with van der Waals surface area (Å²) in [6, 6.07) is 2.96. The molecule has 0 spiro atoms. The summed E-state index contributed by atoms with van der Waals surface area (Å²) in [5.74, 6) is 0.230. The number of nitrogens with two attached hydrogens (primary N) is 1. The maximum Gasteiger partial charge on any atom is 0.418 e. The molecule has 17 heavy (non-hydrogen) atoms. The number of rotatable bonds is 0. The molecule has 0 aliphatic carbocycles. The summed E-state index contributed by atoms with van der Waals surface area (Å²) in [6.07, 6.45) is -3.28. The van der Waals surface area contributed by atoms with Crippen molar-refractivity contribution in [2.75, 3.05) is 5.73 Å². The Hall–Kier alpha value is -0.570. The van der Waals surface area contributed by atoms with Gasteiger partial charge in [-0.1, -0.05) is 22.0 Å². The van der Waals surface area contributed by atoms with Gasteiger partial charge < -0.3 is 5.73 Å². The molecule has 90 valence electrons. The summed E-state index contributed by atoms with van der Waals surface area (Å²) in [6.45, 7) is 0. The normalized spacial score (nSPS) is 12.1. The molecule has 1 heterocycles. The number of nitrogens with zero attached hydrogens (tertiary/aromatic N) is 1. The van der Waals surface area contributed by atoms with Gasteiger partial charge in [0.1, 0.15) is 5.82 Å². The standard InChI is InChI=1S/C10H5BrF3IN2/c11-6-2-1-4-5(7(6)10(12,13)14)3-17-9(16)8(4)15/h1-3H,(H2,16,17). The number of nitrogen functional groups attached to an aromatic ring is 1. The van der Waals surface area contributed by atoms with Crippen LogP contribution in [0.15, 0.2) is 22.8 Å². The average Bonchev–Trinajstić information content (AvgIpc) is 2.21. The summed E-state index contributed by atoms with van der Waals surface area (Å²) in [7, 11) is 0. The highest BCUT2D eigenvalue weighted by molar-refractivity contribution is 14.1. The van der Waals surface area contributed by atoms with Crippen molar-refractivity contribution in [2.45, 2.75) is 6.18 Å². The Morgan fingerprint density at radius 2 is 1.88 bits per heavy atom. The van der Waals surface area contributed by atoms with Crippen LogP contribution in [0.2, 0.25) is 0 Å². The monoisotopic (exact) mass is 416 g/mol. The predicted molar refractivity (Wildman–Crippen MR) is 71.6 cm³/mol. The lowest BCUT2D eigenvalue weighted by Gasteiger charge is -2.13. The Labute approximate surface area is 117 Å². The van der Waals surface area contributed by atoms with Crippen molar-refractivity contribution in [3.05, 3.63) is 31.9 Å². The van der Waals surface area contributed by atoms with Crippen LogP contribution >= 0.6 is 38.5 Å². The SMILES string of the molecule is Nc1ncc2c(C(F)(F)F)c(Br)ccc2c1I. The van der Waals surface area contributed by atoms with E-state index in [1.165, 1.54) is 6.07 Å². The highest BCUT2D eigenvalue weighted by atomic mass is 127. The Bertz CT molecular complexity index is 598. The van der Waals surface area contributed by atoms with Crippen molar-refractivity contribution >= 4 is 55.1 Å². The van der Waals surface area contributed by atoms with E-state index >= 15 is 0 Å². The first-order chi connectivity index (χ1) is 7.82. The highest BCUT2D eigenvalue weighted by Crippen LogP contribution is 2.40. The van der Waals surface area contributed by atoms with Crippen LogP contribution in [0.5, 0.6) is 0 Å². The van der Waals surface area contributed by atoms with E-state index < -0.39 is 11.7 Å². The van der Waals surface area contributed by atoms with Crippen LogP contribution < -0.4 is 5.73 Å². The summed E-state index contributed by atoms with van der Waals surface area (Å²) in [5.41, 5.74) is 4.85. The van der Waals surface area contributed by atoms with Crippen LogP contribution in [-0.4, -0.2) is 4.98 Å². The number of anilines is 1. The van der Waals surface area contributed by atoms with Gasteiger partial charge in [0.25, 0.3) is 0 Å². The summed E-state index contributed by atoms with van der Waals surface area (Å²) < 4.78 is 39.3. The molecule has 0 amide bonds. The molecule has 0 unspecified atom stereocenters. The van der Waals surface area contributed by atoms with Gasteiger partial charge in [-0.2, -0.15) is 13.2 Å². The molecule has 7 heteroatoms. The minimum absolute atomic E-state index is 0.000119. The molecule has 2 nitrogen and oxygen atoms in total. The highest BCUT2D eigenvalue weighted by Gasteiger charge is 2.35. The third-order valence-corrected chi connectivity index (χ3v) is 4.07. The van der Waals surface area contributed by atoms with Crippen molar-refractivity contribution in [2.24, 2.45) is 0 Å². The molecule has 0 aliphatic heterocycles. The molecule has 2 aromatic rings.